The summed E-state index contributed by atoms with van der Waals surface area (Å²) in [5.74, 6) is 0.470. The van der Waals surface area contributed by atoms with E-state index >= 15 is 0 Å². The Morgan fingerprint density at radius 3 is 2.56 bits per heavy atom. The first-order chi connectivity index (χ1) is 12.3. The summed E-state index contributed by atoms with van der Waals surface area (Å²) in [6, 6.07) is 17.5. The number of rotatable bonds is 4. The molecule has 0 heterocycles. The fourth-order valence-electron chi connectivity index (χ4n) is 3.35. The number of nitrogens with one attached hydrogen (secondary N) is 1. The zero-order valence-corrected chi connectivity index (χ0v) is 14.0. The van der Waals surface area contributed by atoms with Gasteiger partial charge in [-0.1, -0.05) is 30.3 Å². The lowest BCUT2D eigenvalue weighted by Crippen LogP contribution is -2.17. The number of carbonyl (C=O) groups excluding carboxylic acids is 1. The largest absolute Gasteiger partial charge is 0.497 e. The third kappa shape index (κ3) is 2.87. The van der Waals surface area contributed by atoms with Gasteiger partial charge in [0, 0.05) is 11.1 Å². The Morgan fingerprint density at radius 1 is 1.04 bits per heavy atom. The maximum absolute atomic E-state index is 12.2. The van der Waals surface area contributed by atoms with Gasteiger partial charge in [0.05, 0.1) is 13.3 Å². The smallest absolute Gasteiger partial charge is 0.271 e. The summed E-state index contributed by atoms with van der Waals surface area (Å²) < 4.78 is 5.09. The molecule has 0 saturated carbocycles. The normalized spacial score (nSPS) is 12.7. The zero-order valence-electron chi connectivity index (χ0n) is 14.0. The highest BCUT2D eigenvalue weighted by Gasteiger charge is 2.15. The minimum atomic E-state index is -0.246. The van der Waals surface area contributed by atoms with Crippen molar-refractivity contribution in [2.75, 3.05) is 7.11 Å². The van der Waals surface area contributed by atoms with Gasteiger partial charge in [-0.05, 0) is 59.0 Å². The van der Waals surface area contributed by atoms with Crippen LogP contribution in [0.15, 0.2) is 59.7 Å². The number of amides is 1. The van der Waals surface area contributed by atoms with Crippen molar-refractivity contribution in [3.63, 3.8) is 0 Å². The van der Waals surface area contributed by atoms with Gasteiger partial charge in [0.15, 0.2) is 0 Å². The molecule has 4 heteroatoms. The predicted molar refractivity (Wildman–Crippen MR) is 99.4 cm³/mol. The molecule has 4 rings (SSSR count). The maximum atomic E-state index is 12.2. The van der Waals surface area contributed by atoms with Crippen molar-refractivity contribution in [3.05, 3.63) is 76.9 Å². The van der Waals surface area contributed by atoms with Gasteiger partial charge in [-0.15, -0.1) is 0 Å². The Balaban J connectivity index is 1.54. The maximum Gasteiger partial charge on any atom is 0.271 e. The molecule has 0 unspecified atom stereocenters. The summed E-state index contributed by atoms with van der Waals surface area (Å²) in [5.41, 5.74) is 6.92. The van der Waals surface area contributed by atoms with Crippen LogP contribution in [0.3, 0.4) is 0 Å². The van der Waals surface area contributed by atoms with Gasteiger partial charge in [-0.25, -0.2) is 5.43 Å². The number of benzene rings is 3. The van der Waals surface area contributed by atoms with Gasteiger partial charge in [0.2, 0.25) is 0 Å². The van der Waals surface area contributed by atoms with E-state index in [0.29, 0.717) is 11.3 Å². The number of hydrogen-bond donors (Lipinski definition) is 1. The second kappa shape index (κ2) is 6.40. The standard InChI is InChI=1S/C21H18N2O2/c1-25-18-11-9-16(10-12-18)21(24)23-22-13-17-8-7-15-6-5-14-3-2-4-19(17)20(14)15/h2-4,7-13H,5-6H2,1H3,(H,23,24)/b22-13-. The summed E-state index contributed by atoms with van der Waals surface area (Å²) in [7, 11) is 1.59. The van der Waals surface area contributed by atoms with E-state index in [2.05, 4.69) is 40.9 Å². The van der Waals surface area contributed by atoms with E-state index in [1.807, 2.05) is 0 Å². The summed E-state index contributed by atoms with van der Waals surface area (Å²) in [6.07, 6.45) is 3.91. The van der Waals surface area contributed by atoms with Gasteiger partial charge in [-0.2, -0.15) is 5.10 Å². The van der Waals surface area contributed by atoms with Crippen LogP contribution in [-0.2, 0) is 12.8 Å². The molecular weight excluding hydrogens is 312 g/mol. The van der Waals surface area contributed by atoms with E-state index < -0.39 is 0 Å². The Bertz CT molecular complexity index is 965. The van der Waals surface area contributed by atoms with Crippen LogP contribution in [0.4, 0.5) is 0 Å². The van der Waals surface area contributed by atoms with Crippen molar-refractivity contribution < 1.29 is 9.53 Å². The summed E-state index contributed by atoms with van der Waals surface area (Å²) in [5, 5.41) is 6.67. The molecule has 1 aliphatic carbocycles. The SMILES string of the molecule is COc1ccc(C(=O)N/N=C\c2ccc3c4c(cccc24)CC3)cc1. The van der Waals surface area contributed by atoms with Crippen LogP contribution in [0.2, 0.25) is 0 Å². The third-order valence-electron chi connectivity index (χ3n) is 4.63. The molecule has 124 valence electrons. The molecule has 0 atom stereocenters. The molecule has 0 spiro atoms. The van der Waals surface area contributed by atoms with Gasteiger partial charge >= 0.3 is 0 Å². The average molecular weight is 330 g/mol. The van der Waals surface area contributed by atoms with Crippen molar-refractivity contribution in [2.45, 2.75) is 12.8 Å². The number of carbonyl (C=O) groups is 1. The molecule has 0 radical (unpaired) electrons. The molecular formula is C21H18N2O2. The minimum Gasteiger partial charge on any atom is -0.497 e. The van der Waals surface area contributed by atoms with Gasteiger partial charge < -0.3 is 4.74 Å². The molecule has 4 nitrogen and oxygen atoms in total. The monoisotopic (exact) mass is 330 g/mol. The average Bonchev–Trinajstić information content (AvgIpc) is 3.08. The van der Waals surface area contributed by atoms with Crippen LogP contribution in [0, 0.1) is 0 Å². The first-order valence-electron chi connectivity index (χ1n) is 8.27. The van der Waals surface area contributed by atoms with Crippen LogP contribution in [0.25, 0.3) is 10.8 Å². The summed E-state index contributed by atoms with van der Waals surface area (Å²) in [4.78, 5) is 12.2. The summed E-state index contributed by atoms with van der Waals surface area (Å²) in [6.45, 7) is 0. The first-order valence-corrected chi connectivity index (χ1v) is 8.27. The number of nitrogens with zero attached hydrogens (tertiary/aromatic N) is 1. The van der Waals surface area contributed by atoms with Crippen molar-refractivity contribution in [3.8, 4) is 5.75 Å². The fraction of sp³-hybridized carbons (Fsp3) is 0.143. The predicted octanol–water partition coefficient (Wildman–Crippen LogP) is 3.71. The highest BCUT2D eigenvalue weighted by atomic mass is 16.5. The van der Waals surface area contributed by atoms with Gasteiger partial charge in [0.1, 0.15) is 5.75 Å². The molecule has 1 amide bonds. The van der Waals surface area contributed by atoms with E-state index in [1.54, 1.807) is 37.6 Å². The molecule has 25 heavy (non-hydrogen) atoms. The van der Waals surface area contributed by atoms with E-state index in [9.17, 15) is 4.79 Å². The first kappa shape index (κ1) is 15.4. The van der Waals surface area contributed by atoms with E-state index in [1.165, 1.54) is 21.9 Å². The molecule has 3 aromatic rings. The quantitative estimate of drug-likeness (QED) is 0.585. The third-order valence-corrected chi connectivity index (χ3v) is 4.63. The van der Waals surface area contributed by atoms with Gasteiger partial charge in [0.25, 0.3) is 5.91 Å². The molecule has 1 N–H and O–H groups in total. The van der Waals surface area contributed by atoms with E-state index in [4.69, 9.17) is 4.74 Å². The number of hydrazone groups is 1. The fourth-order valence-corrected chi connectivity index (χ4v) is 3.35. The number of hydrogen-bond acceptors (Lipinski definition) is 3. The Kier molecular flexibility index (Phi) is 3.94. The van der Waals surface area contributed by atoms with Crippen molar-refractivity contribution in [1.29, 1.82) is 0 Å². The molecule has 0 aliphatic heterocycles. The van der Waals surface area contributed by atoms with Crippen molar-refractivity contribution in [2.24, 2.45) is 5.10 Å². The van der Waals surface area contributed by atoms with Crippen LogP contribution >= 0.6 is 0 Å². The molecule has 0 bridgehead atoms. The number of ether oxygens (including phenoxy) is 1. The highest BCUT2D eigenvalue weighted by Crippen LogP contribution is 2.32. The Morgan fingerprint density at radius 2 is 1.80 bits per heavy atom. The Hall–Kier alpha value is -3.14. The molecule has 3 aromatic carbocycles. The second-order valence-corrected chi connectivity index (χ2v) is 6.08. The molecule has 1 aliphatic rings. The lowest BCUT2D eigenvalue weighted by atomic mass is 10.0. The summed E-state index contributed by atoms with van der Waals surface area (Å²) >= 11 is 0. The topological polar surface area (TPSA) is 50.7 Å². The molecule has 0 aromatic heterocycles. The number of aryl methyl sites for hydroxylation is 2. The van der Waals surface area contributed by atoms with E-state index in [-0.39, 0.29) is 5.91 Å². The number of methoxy groups -OCH3 is 1. The van der Waals surface area contributed by atoms with Gasteiger partial charge in [-0.3, -0.25) is 4.79 Å². The Labute approximate surface area is 146 Å². The minimum absolute atomic E-state index is 0.246. The zero-order chi connectivity index (χ0) is 17.2. The van der Waals surface area contributed by atoms with Crippen molar-refractivity contribution in [1.82, 2.24) is 5.43 Å². The van der Waals surface area contributed by atoms with Crippen LogP contribution in [0.5, 0.6) is 5.75 Å². The molecule has 0 fully saturated rings. The lowest BCUT2D eigenvalue weighted by molar-refractivity contribution is 0.0955. The highest BCUT2D eigenvalue weighted by molar-refractivity contribution is 6.03. The van der Waals surface area contributed by atoms with Crippen LogP contribution in [-0.4, -0.2) is 19.2 Å². The molecule has 0 saturated heterocycles. The van der Waals surface area contributed by atoms with Crippen LogP contribution < -0.4 is 10.2 Å². The second-order valence-electron chi connectivity index (χ2n) is 6.08. The van der Waals surface area contributed by atoms with Crippen molar-refractivity contribution >= 4 is 22.9 Å². The van der Waals surface area contributed by atoms with Crippen LogP contribution in [0.1, 0.15) is 27.0 Å². The van der Waals surface area contributed by atoms with E-state index in [0.717, 1.165) is 18.4 Å². The lowest BCUT2D eigenvalue weighted by Gasteiger charge is -2.05.